The van der Waals surface area contributed by atoms with E-state index in [0.29, 0.717) is 40.7 Å². The van der Waals surface area contributed by atoms with Crippen molar-refractivity contribution in [2.24, 2.45) is 7.05 Å². The van der Waals surface area contributed by atoms with Gasteiger partial charge in [-0.05, 0) is 44.2 Å². The van der Waals surface area contributed by atoms with Gasteiger partial charge < -0.3 is 20.9 Å². The third-order valence-electron chi connectivity index (χ3n) is 5.74. The van der Waals surface area contributed by atoms with Crippen molar-refractivity contribution in [1.82, 2.24) is 35.3 Å². The van der Waals surface area contributed by atoms with Gasteiger partial charge in [0.15, 0.2) is 11.6 Å². The van der Waals surface area contributed by atoms with Crippen LogP contribution in [-0.2, 0) is 7.05 Å². The molecule has 10 nitrogen and oxygen atoms in total. The second kappa shape index (κ2) is 8.30. The predicted octanol–water partition coefficient (Wildman–Crippen LogP) is 2.61. The fraction of sp³-hybridized carbons (Fsp3) is 0.476. The highest BCUT2D eigenvalue weighted by Gasteiger charge is 2.28. The summed E-state index contributed by atoms with van der Waals surface area (Å²) in [6, 6.07) is 2.13. The fourth-order valence-corrected chi connectivity index (χ4v) is 3.99. The first-order chi connectivity index (χ1) is 15.5. The maximum Gasteiger partial charge on any atom is 0.230 e. The highest BCUT2D eigenvalue weighted by Crippen LogP contribution is 2.42. The molecule has 4 heterocycles. The fourth-order valence-electron chi connectivity index (χ4n) is 3.99. The number of rotatable bonds is 6. The van der Waals surface area contributed by atoms with Gasteiger partial charge in [-0.15, -0.1) is 5.10 Å². The maximum absolute atomic E-state index is 14.5. The molecular formula is C21H27FN10. The van der Waals surface area contributed by atoms with Crippen molar-refractivity contribution in [3.05, 3.63) is 35.5 Å². The Morgan fingerprint density at radius 1 is 1.19 bits per heavy atom. The Morgan fingerprint density at radius 2 is 2.03 bits per heavy atom. The molecule has 32 heavy (non-hydrogen) atoms. The highest BCUT2D eigenvalue weighted by molar-refractivity contribution is 5.71. The van der Waals surface area contributed by atoms with Crippen LogP contribution in [0.15, 0.2) is 18.5 Å². The molecule has 1 atom stereocenters. The van der Waals surface area contributed by atoms with E-state index in [0.717, 1.165) is 38.2 Å². The van der Waals surface area contributed by atoms with E-state index in [1.165, 1.54) is 0 Å². The number of piperazine rings is 1. The van der Waals surface area contributed by atoms with Crippen LogP contribution < -0.4 is 20.9 Å². The molecule has 0 bridgehead atoms. The third-order valence-corrected chi connectivity index (χ3v) is 5.74. The molecular weight excluding hydrogens is 411 g/mol. The first kappa shape index (κ1) is 20.6. The second-order valence-electron chi connectivity index (χ2n) is 8.53. The van der Waals surface area contributed by atoms with Gasteiger partial charge in [0.2, 0.25) is 5.95 Å². The van der Waals surface area contributed by atoms with Crippen molar-refractivity contribution in [2.45, 2.75) is 38.6 Å². The van der Waals surface area contributed by atoms with E-state index in [4.69, 9.17) is 4.98 Å². The summed E-state index contributed by atoms with van der Waals surface area (Å²) in [6.45, 7) is 6.41. The first-order valence-corrected chi connectivity index (χ1v) is 10.9. The van der Waals surface area contributed by atoms with Crippen molar-refractivity contribution < 1.29 is 4.39 Å². The van der Waals surface area contributed by atoms with Crippen LogP contribution in [0.2, 0.25) is 0 Å². The number of halogens is 1. The first-order valence-electron chi connectivity index (χ1n) is 10.9. The van der Waals surface area contributed by atoms with Gasteiger partial charge in [0.05, 0.1) is 23.8 Å². The molecule has 1 unspecified atom stereocenters. The molecule has 1 saturated heterocycles. The number of nitrogens with zero attached hydrogens (tertiary/aromatic N) is 7. The lowest BCUT2D eigenvalue weighted by Gasteiger charge is -2.34. The van der Waals surface area contributed by atoms with E-state index in [1.54, 1.807) is 30.1 Å². The largest absolute Gasteiger partial charge is 0.364 e. The molecule has 0 radical (unpaired) electrons. The van der Waals surface area contributed by atoms with E-state index in [9.17, 15) is 4.39 Å². The third kappa shape index (κ3) is 4.33. The van der Waals surface area contributed by atoms with E-state index in [2.05, 4.69) is 48.1 Å². The normalized spacial score (nSPS) is 18.6. The minimum atomic E-state index is -0.216. The number of hydrogen-bond acceptors (Lipinski definition) is 9. The molecule has 1 aliphatic carbocycles. The highest BCUT2D eigenvalue weighted by atomic mass is 19.1. The van der Waals surface area contributed by atoms with Crippen LogP contribution in [0.4, 0.5) is 33.5 Å². The molecule has 0 amide bonds. The van der Waals surface area contributed by atoms with Crippen LogP contribution in [0.1, 0.15) is 36.9 Å². The Morgan fingerprint density at radius 3 is 2.75 bits per heavy atom. The van der Waals surface area contributed by atoms with Gasteiger partial charge in [0, 0.05) is 32.7 Å². The Balaban J connectivity index is 1.46. The van der Waals surface area contributed by atoms with Gasteiger partial charge in [0.1, 0.15) is 11.6 Å². The van der Waals surface area contributed by atoms with Crippen LogP contribution in [0, 0.1) is 12.7 Å². The topological polar surface area (TPSA) is 109 Å². The SMILES string of the molecule is Cc1nc(Nc2ncc(N3CCNC(C)C3)c(Nc3cn(C)nn3)n2)cc(C2CC2)c1F. The number of pyridine rings is 1. The van der Waals surface area contributed by atoms with Crippen LogP contribution >= 0.6 is 0 Å². The summed E-state index contributed by atoms with van der Waals surface area (Å²) in [6.07, 6.45) is 5.61. The quantitative estimate of drug-likeness (QED) is 0.535. The number of nitrogens with one attached hydrogen (secondary N) is 3. The van der Waals surface area contributed by atoms with Gasteiger partial charge in [-0.3, -0.25) is 4.68 Å². The number of aromatic nitrogens is 6. The van der Waals surface area contributed by atoms with Crippen molar-refractivity contribution >= 4 is 29.1 Å². The Kier molecular flexibility index (Phi) is 5.33. The van der Waals surface area contributed by atoms with E-state index in [1.807, 2.05) is 7.05 Å². The van der Waals surface area contributed by atoms with Gasteiger partial charge in [-0.2, -0.15) is 4.98 Å². The van der Waals surface area contributed by atoms with Gasteiger partial charge in [-0.1, -0.05) is 5.21 Å². The summed E-state index contributed by atoms with van der Waals surface area (Å²) in [5.41, 5.74) is 1.97. The predicted molar refractivity (Wildman–Crippen MR) is 120 cm³/mol. The summed E-state index contributed by atoms with van der Waals surface area (Å²) >= 11 is 0. The molecule has 1 aliphatic heterocycles. The second-order valence-corrected chi connectivity index (χ2v) is 8.53. The van der Waals surface area contributed by atoms with E-state index >= 15 is 0 Å². The lowest BCUT2D eigenvalue weighted by molar-refractivity contribution is 0.484. The Bertz CT molecular complexity index is 1130. The molecule has 168 valence electrons. The van der Waals surface area contributed by atoms with Crippen molar-refractivity contribution in [2.75, 3.05) is 35.2 Å². The molecule has 2 fully saturated rings. The van der Waals surface area contributed by atoms with Crippen molar-refractivity contribution in [3.8, 4) is 0 Å². The molecule has 3 aromatic rings. The van der Waals surface area contributed by atoms with Crippen LogP contribution in [0.5, 0.6) is 0 Å². The number of anilines is 5. The minimum absolute atomic E-state index is 0.216. The summed E-state index contributed by atoms with van der Waals surface area (Å²) in [7, 11) is 1.81. The molecule has 1 saturated carbocycles. The van der Waals surface area contributed by atoms with Crippen LogP contribution in [0.3, 0.4) is 0 Å². The van der Waals surface area contributed by atoms with Crippen molar-refractivity contribution in [3.63, 3.8) is 0 Å². The van der Waals surface area contributed by atoms with Gasteiger partial charge in [0.25, 0.3) is 0 Å². The summed E-state index contributed by atoms with van der Waals surface area (Å²) in [5, 5.41) is 18.0. The molecule has 11 heteroatoms. The molecule has 0 aromatic carbocycles. The summed E-state index contributed by atoms with van der Waals surface area (Å²) < 4.78 is 16.1. The standard InChI is InChI=1S/C21H27FN10/c1-12-10-32(7-6-23-12)16-9-24-21(28-20(16)26-18-11-31(3)30-29-18)27-17-8-15(14-4-5-14)19(22)13(2)25-17/h8-9,11-12,14,23H,4-7,10H2,1-3H3,(H2,24,25,26,27,28). The monoisotopic (exact) mass is 438 g/mol. The smallest absolute Gasteiger partial charge is 0.230 e. The minimum Gasteiger partial charge on any atom is -0.364 e. The molecule has 5 rings (SSSR count). The zero-order valence-electron chi connectivity index (χ0n) is 18.4. The summed E-state index contributed by atoms with van der Waals surface area (Å²) in [5.74, 6) is 2.20. The average molecular weight is 439 g/mol. The Hall–Kier alpha value is -3.34. The molecule has 3 aromatic heterocycles. The zero-order valence-corrected chi connectivity index (χ0v) is 18.4. The lowest BCUT2D eigenvalue weighted by atomic mass is 10.1. The summed E-state index contributed by atoms with van der Waals surface area (Å²) in [4.78, 5) is 15.8. The molecule has 0 spiro atoms. The lowest BCUT2D eigenvalue weighted by Crippen LogP contribution is -2.49. The average Bonchev–Trinajstić information content (AvgIpc) is 3.52. The van der Waals surface area contributed by atoms with Crippen LogP contribution in [-0.4, -0.2) is 55.6 Å². The number of hydrogen-bond donors (Lipinski definition) is 3. The van der Waals surface area contributed by atoms with Gasteiger partial charge >= 0.3 is 0 Å². The molecule has 2 aliphatic rings. The molecule has 3 N–H and O–H groups in total. The Labute approximate surface area is 185 Å². The van der Waals surface area contributed by atoms with E-state index in [-0.39, 0.29) is 11.7 Å². The zero-order chi connectivity index (χ0) is 22.2. The number of aryl methyl sites for hydroxylation is 2. The van der Waals surface area contributed by atoms with Crippen molar-refractivity contribution in [1.29, 1.82) is 0 Å². The maximum atomic E-state index is 14.5. The van der Waals surface area contributed by atoms with E-state index < -0.39 is 0 Å². The van der Waals surface area contributed by atoms with Crippen LogP contribution in [0.25, 0.3) is 0 Å². The van der Waals surface area contributed by atoms with Gasteiger partial charge in [-0.25, -0.2) is 14.4 Å².